The number of aromatic nitrogens is 3. The highest BCUT2D eigenvalue weighted by atomic mass is 19.4. The lowest BCUT2D eigenvalue weighted by Crippen LogP contribution is -2.26. The van der Waals surface area contributed by atoms with Gasteiger partial charge in [-0.05, 0) is 48.4 Å². The summed E-state index contributed by atoms with van der Waals surface area (Å²) < 4.78 is 60.7. The molecule has 0 aliphatic rings. The normalized spacial score (nSPS) is 11.3. The van der Waals surface area contributed by atoms with Crippen LogP contribution in [0.15, 0.2) is 73.1 Å². The molecule has 4 aromatic rings. The van der Waals surface area contributed by atoms with E-state index >= 15 is 0 Å². The predicted molar refractivity (Wildman–Crippen MR) is 115 cm³/mol. The molecule has 2 aromatic heterocycles. The Bertz CT molecular complexity index is 1300. The second kappa shape index (κ2) is 9.34. The van der Waals surface area contributed by atoms with Crippen LogP contribution < -0.4 is 10.1 Å². The van der Waals surface area contributed by atoms with E-state index in [1.165, 1.54) is 42.6 Å². The molecule has 0 radical (unpaired) electrons. The minimum Gasteiger partial charge on any atom is -0.439 e. The molecule has 174 valence electrons. The number of nitrogens with zero attached hydrogens (tertiary/aromatic N) is 3. The van der Waals surface area contributed by atoms with Gasteiger partial charge in [0, 0.05) is 18.8 Å². The van der Waals surface area contributed by atoms with Crippen LogP contribution in [0.2, 0.25) is 0 Å². The lowest BCUT2D eigenvalue weighted by Gasteiger charge is -2.14. The standard InChI is InChI=1S/C24H18F4N4O2/c1-15-4-2-3-5-20(15)32-22(24(26,27)28)19(14-31-32)23(33)30-13-16-6-11-21(29-12-16)34-18-9-7-17(25)8-10-18/h2-12,14H,13H2,1H3,(H,30,33). The van der Waals surface area contributed by atoms with E-state index in [2.05, 4.69) is 15.4 Å². The molecule has 10 heteroatoms. The van der Waals surface area contributed by atoms with E-state index in [-0.39, 0.29) is 18.1 Å². The number of ether oxygens (including phenoxy) is 1. The smallest absolute Gasteiger partial charge is 0.434 e. The van der Waals surface area contributed by atoms with Gasteiger partial charge in [-0.2, -0.15) is 18.3 Å². The van der Waals surface area contributed by atoms with Crippen LogP contribution in [0.25, 0.3) is 5.69 Å². The Hall–Kier alpha value is -4.21. The van der Waals surface area contributed by atoms with Crippen molar-refractivity contribution >= 4 is 5.91 Å². The van der Waals surface area contributed by atoms with E-state index in [0.29, 0.717) is 16.9 Å². The molecule has 34 heavy (non-hydrogen) atoms. The first kappa shape index (κ1) is 23.0. The average molecular weight is 470 g/mol. The van der Waals surface area contributed by atoms with E-state index in [4.69, 9.17) is 4.74 Å². The number of carbonyl (C=O) groups excluding carboxylic acids is 1. The molecule has 0 atom stereocenters. The zero-order chi connectivity index (χ0) is 24.3. The molecule has 4 rings (SSSR count). The molecule has 0 unspecified atom stereocenters. The highest BCUT2D eigenvalue weighted by Crippen LogP contribution is 2.34. The summed E-state index contributed by atoms with van der Waals surface area (Å²) in [6.07, 6.45) is -2.48. The molecule has 1 amide bonds. The molecule has 2 aromatic carbocycles. The van der Waals surface area contributed by atoms with Crippen LogP contribution in [0.3, 0.4) is 0 Å². The van der Waals surface area contributed by atoms with Crippen molar-refractivity contribution < 1.29 is 27.1 Å². The number of hydrogen-bond donors (Lipinski definition) is 1. The van der Waals surface area contributed by atoms with E-state index in [1.807, 2.05) is 0 Å². The fourth-order valence-corrected chi connectivity index (χ4v) is 3.25. The number of halogens is 4. The first-order valence-corrected chi connectivity index (χ1v) is 10.1. The molecule has 0 saturated carbocycles. The summed E-state index contributed by atoms with van der Waals surface area (Å²) in [6, 6.07) is 15.0. The second-order valence-electron chi connectivity index (χ2n) is 7.35. The zero-order valence-electron chi connectivity index (χ0n) is 17.8. The van der Waals surface area contributed by atoms with E-state index in [0.717, 1.165) is 10.9 Å². The third-order valence-corrected chi connectivity index (χ3v) is 4.91. The lowest BCUT2D eigenvalue weighted by molar-refractivity contribution is -0.143. The number of nitrogens with one attached hydrogen (secondary N) is 1. The number of amides is 1. The maximum absolute atomic E-state index is 13.8. The first-order chi connectivity index (χ1) is 16.2. The Morgan fingerprint density at radius 1 is 1.03 bits per heavy atom. The number of aryl methyl sites for hydroxylation is 1. The third-order valence-electron chi connectivity index (χ3n) is 4.91. The van der Waals surface area contributed by atoms with Crippen LogP contribution in [0.1, 0.15) is 27.2 Å². The van der Waals surface area contributed by atoms with Crippen molar-refractivity contribution in [1.82, 2.24) is 20.1 Å². The van der Waals surface area contributed by atoms with Gasteiger partial charge in [0.15, 0.2) is 5.69 Å². The van der Waals surface area contributed by atoms with Crippen molar-refractivity contribution in [3.8, 4) is 17.3 Å². The van der Waals surface area contributed by atoms with Crippen LogP contribution in [0.4, 0.5) is 17.6 Å². The second-order valence-corrected chi connectivity index (χ2v) is 7.35. The molecule has 6 nitrogen and oxygen atoms in total. The first-order valence-electron chi connectivity index (χ1n) is 10.1. The van der Waals surface area contributed by atoms with Crippen LogP contribution >= 0.6 is 0 Å². The van der Waals surface area contributed by atoms with Gasteiger partial charge in [0.05, 0.1) is 17.4 Å². The van der Waals surface area contributed by atoms with Gasteiger partial charge < -0.3 is 10.1 Å². The minimum absolute atomic E-state index is 0.0600. The van der Waals surface area contributed by atoms with Gasteiger partial charge in [-0.25, -0.2) is 14.1 Å². The fraction of sp³-hybridized carbons (Fsp3) is 0.125. The fourth-order valence-electron chi connectivity index (χ4n) is 3.25. The number of pyridine rings is 1. The SMILES string of the molecule is Cc1ccccc1-n1ncc(C(=O)NCc2ccc(Oc3ccc(F)cc3)nc2)c1C(F)(F)F. The molecule has 0 fully saturated rings. The molecule has 0 aliphatic heterocycles. The summed E-state index contributed by atoms with van der Waals surface area (Å²) in [7, 11) is 0. The molecule has 0 bridgehead atoms. The molecular weight excluding hydrogens is 452 g/mol. The Kier molecular flexibility index (Phi) is 6.31. The van der Waals surface area contributed by atoms with Crippen molar-refractivity contribution in [1.29, 1.82) is 0 Å². The summed E-state index contributed by atoms with van der Waals surface area (Å²) >= 11 is 0. The quantitative estimate of drug-likeness (QED) is 0.380. The van der Waals surface area contributed by atoms with Gasteiger partial charge in [0.25, 0.3) is 5.91 Å². The largest absolute Gasteiger partial charge is 0.439 e. The van der Waals surface area contributed by atoms with Crippen molar-refractivity contribution in [2.24, 2.45) is 0 Å². The zero-order valence-corrected chi connectivity index (χ0v) is 17.8. The Morgan fingerprint density at radius 3 is 2.41 bits per heavy atom. The van der Waals surface area contributed by atoms with Crippen LogP contribution in [-0.4, -0.2) is 20.7 Å². The topological polar surface area (TPSA) is 69.0 Å². The lowest BCUT2D eigenvalue weighted by atomic mass is 10.1. The average Bonchev–Trinajstić information content (AvgIpc) is 3.26. The molecule has 0 spiro atoms. The summed E-state index contributed by atoms with van der Waals surface area (Å²) in [6.45, 7) is 1.60. The summed E-state index contributed by atoms with van der Waals surface area (Å²) in [5.41, 5.74) is -0.382. The van der Waals surface area contributed by atoms with Gasteiger partial charge in [-0.3, -0.25) is 4.79 Å². The van der Waals surface area contributed by atoms with Gasteiger partial charge in [0.2, 0.25) is 5.88 Å². The minimum atomic E-state index is -4.80. The Balaban J connectivity index is 1.48. The number of carbonyl (C=O) groups is 1. The summed E-state index contributed by atoms with van der Waals surface area (Å²) in [5, 5.41) is 6.30. The van der Waals surface area contributed by atoms with E-state index in [1.54, 1.807) is 31.2 Å². The van der Waals surface area contributed by atoms with Gasteiger partial charge in [-0.15, -0.1) is 0 Å². The van der Waals surface area contributed by atoms with E-state index in [9.17, 15) is 22.4 Å². The number of alkyl halides is 3. The van der Waals surface area contributed by atoms with Crippen LogP contribution in [-0.2, 0) is 12.7 Å². The third kappa shape index (κ3) is 5.06. The number of rotatable bonds is 6. The van der Waals surface area contributed by atoms with Crippen molar-refractivity contribution in [3.63, 3.8) is 0 Å². The number of para-hydroxylation sites is 1. The molecule has 1 N–H and O–H groups in total. The van der Waals surface area contributed by atoms with Gasteiger partial charge in [0.1, 0.15) is 11.6 Å². The predicted octanol–water partition coefficient (Wildman–Crippen LogP) is 5.46. The van der Waals surface area contributed by atoms with Crippen molar-refractivity contribution in [2.75, 3.05) is 0 Å². The monoisotopic (exact) mass is 470 g/mol. The summed E-state index contributed by atoms with van der Waals surface area (Å²) in [5.74, 6) is -0.691. The maximum Gasteiger partial charge on any atom is 0.434 e. The van der Waals surface area contributed by atoms with Crippen LogP contribution in [0, 0.1) is 12.7 Å². The van der Waals surface area contributed by atoms with Crippen molar-refractivity contribution in [3.05, 3.63) is 101 Å². The van der Waals surface area contributed by atoms with Gasteiger partial charge in [-0.1, -0.05) is 24.3 Å². The van der Waals surface area contributed by atoms with Gasteiger partial charge >= 0.3 is 6.18 Å². The van der Waals surface area contributed by atoms with Crippen molar-refractivity contribution in [2.45, 2.75) is 19.6 Å². The number of hydrogen-bond acceptors (Lipinski definition) is 4. The molecule has 2 heterocycles. The molecule has 0 aliphatic carbocycles. The Labute approximate surface area is 191 Å². The molecular formula is C24H18F4N4O2. The number of benzene rings is 2. The Morgan fingerprint density at radius 2 is 1.76 bits per heavy atom. The summed E-state index contributed by atoms with van der Waals surface area (Å²) in [4.78, 5) is 16.7. The maximum atomic E-state index is 13.8. The molecule has 0 saturated heterocycles. The van der Waals surface area contributed by atoms with Crippen LogP contribution in [0.5, 0.6) is 11.6 Å². The highest BCUT2D eigenvalue weighted by Gasteiger charge is 2.40. The highest BCUT2D eigenvalue weighted by molar-refractivity contribution is 5.95. The van der Waals surface area contributed by atoms with E-state index < -0.39 is 29.2 Å².